The van der Waals surface area contributed by atoms with Crippen molar-refractivity contribution >= 4 is 5.78 Å². The molecule has 0 atom stereocenters. The van der Waals surface area contributed by atoms with Gasteiger partial charge >= 0.3 is 0 Å². The Bertz CT molecular complexity index is 1460. The standard InChI is InChI=1S/C13H17FO.C12H13FO2.C12H15FO/c1-9(2)8-11-10-4-3-7-15-13(10)6-5-12(11)14;1-7(2)5-8-9(13)3-4-11-12(8)10(14)6-15-11;1-8(2)7-10-9-5-6-14-12(9)4-3-11(10)13/h5-6,9H,3-4,7-8H2,1-2H3;3-4,7H,5-6H2,1-2H3;3-4,8H,5-7H2,1-2H3. The van der Waals surface area contributed by atoms with E-state index < -0.39 is 0 Å². The van der Waals surface area contributed by atoms with Crippen molar-refractivity contribution in [1.82, 2.24) is 0 Å². The zero-order valence-electron chi connectivity index (χ0n) is 26.8. The Kier molecular flexibility index (Phi) is 11.4. The minimum atomic E-state index is -0.304. The Morgan fingerprint density at radius 1 is 0.591 bits per heavy atom. The Labute approximate surface area is 259 Å². The van der Waals surface area contributed by atoms with Gasteiger partial charge in [-0.15, -0.1) is 0 Å². The van der Waals surface area contributed by atoms with Crippen LogP contribution in [0, 0.1) is 35.2 Å². The third-order valence-corrected chi connectivity index (χ3v) is 7.79. The molecule has 0 aromatic heterocycles. The molecule has 0 unspecified atom stereocenters. The number of halogens is 3. The van der Waals surface area contributed by atoms with E-state index in [1.54, 1.807) is 12.1 Å². The molecule has 4 nitrogen and oxygen atoms in total. The number of ether oxygens (including phenoxy) is 3. The maximum absolute atomic E-state index is 13.7. The maximum Gasteiger partial charge on any atom is 0.204 e. The van der Waals surface area contributed by atoms with Gasteiger partial charge in [-0.3, -0.25) is 4.79 Å². The highest BCUT2D eigenvalue weighted by Gasteiger charge is 2.27. The molecule has 3 aromatic carbocycles. The summed E-state index contributed by atoms with van der Waals surface area (Å²) in [6.07, 6.45) is 4.99. The lowest BCUT2D eigenvalue weighted by atomic mass is 9.93. The van der Waals surface area contributed by atoms with Gasteiger partial charge in [0.15, 0.2) is 6.61 Å². The van der Waals surface area contributed by atoms with Crippen LogP contribution in [0.1, 0.15) is 86.1 Å². The lowest BCUT2D eigenvalue weighted by molar-refractivity contribution is 0.0960. The molecule has 44 heavy (non-hydrogen) atoms. The molecule has 0 saturated heterocycles. The molecule has 0 bridgehead atoms. The van der Waals surface area contributed by atoms with Crippen molar-refractivity contribution in [3.8, 4) is 17.2 Å². The largest absolute Gasteiger partial charge is 0.493 e. The average Bonchev–Trinajstić information content (AvgIpc) is 3.61. The first-order valence-electron chi connectivity index (χ1n) is 15.8. The van der Waals surface area contributed by atoms with Crippen molar-refractivity contribution in [2.24, 2.45) is 17.8 Å². The smallest absolute Gasteiger partial charge is 0.204 e. The first-order valence-corrected chi connectivity index (χ1v) is 15.8. The summed E-state index contributed by atoms with van der Waals surface area (Å²) in [7, 11) is 0. The molecule has 238 valence electrons. The summed E-state index contributed by atoms with van der Waals surface area (Å²) in [4.78, 5) is 11.5. The monoisotopic (exact) mass is 610 g/mol. The summed E-state index contributed by atoms with van der Waals surface area (Å²) in [5.41, 5.74) is 4.85. The fourth-order valence-electron chi connectivity index (χ4n) is 5.91. The van der Waals surface area contributed by atoms with Crippen LogP contribution in [0.3, 0.4) is 0 Å². The second-order valence-corrected chi connectivity index (χ2v) is 13.0. The van der Waals surface area contributed by atoms with Crippen LogP contribution in [0.4, 0.5) is 13.2 Å². The predicted octanol–water partition coefficient (Wildman–Crippen LogP) is 8.91. The second-order valence-electron chi connectivity index (χ2n) is 13.0. The molecule has 3 aromatic rings. The van der Waals surface area contributed by atoms with Crippen molar-refractivity contribution in [1.29, 1.82) is 0 Å². The minimum absolute atomic E-state index is 0.0455. The van der Waals surface area contributed by atoms with Crippen LogP contribution in [0.25, 0.3) is 0 Å². The zero-order valence-corrected chi connectivity index (χ0v) is 26.8. The molecule has 0 amide bonds. The lowest BCUT2D eigenvalue weighted by Gasteiger charge is -2.21. The lowest BCUT2D eigenvalue weighted by Crippen LogP contribution is -2.13. The molecule has 3 heterocycles. The Hall–Kier alpha value is -3.48. The summed E-state index contributed by atoms with van der Waals surface area (Å²) >= 11 is 0. The number of hydrogen-bond donors (Lipinski definition) is 0. The third-order valence-electron chi connectivity index (χ3n) is 7.79. The number of hydrogen-bond acceptors (Lipinski definition) is 4. The normalized spacial score (nSPS) is 14.5. The van der Waals surface area contributed by atoms with Gasteiger partial charge in [-0.25, -0.2) is 13.2 Å². The molecule has 3 aliphatic rings. The molecule has 6 rings (SSSR count). The van der Waals surface area contributed by atoms with Crippen molar-refractivity contribution in [3.05, 3.63) is 87.2 Å². The Balaban J connectivity index is 0.000000151. The highest BCUT2D eigenvalue weighted by atomic mass is 19.1. The van der Waals surface area contributed by atoms with Gasteiger partial charge in [-0.2, -0.15) is 0 Å². The molecule has 7 heteroatoms. The van der Waals surface area contributed by atoms with Gasteiger partial charge < -0.3 is 14.2 Å². The highest BCUT2D eigenvalue weighted by Crippen LogP contribution is 2.33. The summed E-state index contributed by atoms with van der Waals surface area (Å²) in [5.74, 6) is 3.00. The van der Waals surface area contributed by atoms with Gasteiger partial charge in [0.05, 0.1) is 18.8 Å². The number of fused-ring (bicyclic) bond motifs is 3. The average molecular weight is 611 g/mol. The molecule has 0 fully saturated rings. The first-order chi connectivity index (χ1) is 21.0. The number of carbonyl (C=O) groups is 1. The van der Waals surface area contributed by atoms with Gasteiger partial charge in [-0.05, 0) is 97.4 Å². The molecule has 0 saturated carbocycles. The van der Waals surface area contributed by atoms with Crippen LogP contribution in [0.2, 0.25) is 0 Å². The fraction of sp³-hybridized carbons (Fsp3) is 0.486. The quantitative estimate of drug-likeness (QED) is 0.280. The van der Waals surface area contributed by atoms with Crippen LogP contribution in [0.5, 0.6) is 17.2 Å². The first kappa shape index (κ1) is 33.4. The van der Waals surface area contributed by atoms with E-state index in [2.05, 4.69) is 27.7 Å². The Morgan fingerprint density at radius 3 is 1.59 bits per heavy atom. The van der Waals surface area contributed by atoms with E-state index in [1.165, 1.54) is 24.3 Å². The maximum atomic E-state index is 13.7. The van der Waals surface area contributed by atoms with Crippen LogP contribution < -0.4 is 14.2 Å². The fourth-order valence-corrected chi connectivity index (χ4v) is 5.91. The van der Waals surface area contributed by atoms with E-state index in [4.69, 9.17) is 14.2 Å². The summed E-state index contributed by atoms with van der Waals surface area (Å²) in [5, 5.41) is 0. The topological polar surface area (TPSA) is 44.8 Å². The van der Waals surface area contributed by atoms with Crippen LogP contribution in [-0.2, 0) is 32.1 Å². The number of benzene rings is 3. The zero-order chi connectivity index (χ0) is 32.0. The summed E-state index contributed by atoms with van der Waals surface area (Å²) in [6.45, 7) is 13.9. The number of carbonyl (C=O) groups excluding carboxylic acids is 1. The van der Waals surface area contributed by atoms with Gasteiger partial charge in [0, 0.05) is 23.1 Å². The molecule has 0 radical (unpaired) electrons. The van der Waals surface area contributed by atoms with Crippen molar-refractivity contribution in [3.63, 3.8) is 0 Å². The number of ketones is 1. The summed E-state index contributed by atoms with van der Waals surface area (Å²) < 4.78 is 56.9. The van der Waals surface area contributed by atoms with Gasteiger partial charge in [0.2, 0.25) is 5.78 Å². The van der Waals surface area contributed by atoms with E-state index in [9.17, 15) is 18.0 Å². The van der Waals surface area contributed by atoms with Crippen molar-refractivity contribution in [2.45, 2.75) is 80.1 Å². The van der Waals surface area contributed by atoms with Crippen LogP contribution in [0.15, 0.2) is 36.4 Å². The van der Waals surface area contributed by atoms with Gasteiger partial charge in [0.1, 0.15) is 34.7 Å². The molecular formula is C37H45F3O4. The molecule has 0 spiro atoms. The van der Waals surface area contributed by atoms with E-state index in [-0.39, 0.29) is 29.8 Å². The van der Waals surface area contributed by atoms with E-state index >= 15 is 0 Å². The Morgan fingerprint density at radius 2 is 1.05 bits per heavy atom. The minimum Gasteiger partial charge on any atom is -0.493 e. The van der Waals surface area contributed by atoms with Crippen LogP contribution in [-0.4, -0.2) is 25.6 Å². The van der Waals surface area contributed by atoms with Crippen molar-refractivity contribution < 1.29 is 32.2 Å². The number of Topliss-reactive ketones (excluding diaryl/α,β-unsaturated/α-hetero) is 1. The SMILES string of the molecule is CC(C)Cc1c(F)ccc2c1C(=O)CO2.CC(C)Cc1c(F)ccc2c1CCCO2.CC(C)Cc1c(F)ccc2c1CCO2. The van der Waals surface area contributed by atoms with Crippen LogP contribution >= 0.6 is 0 Å². The molecular weight excluding hydrogens is 565 g/mol. The highest BCUT2D eigenvalue weighted by molar-refractivity contribution is 6.03. The number of rotatable bonds is 6. The third kappa shape index (κ3) is 8.16. The molecule has 3 aliphatic heterocycles. The van der Waals surface area contributed by atoms with Gasteiger partial charge in [-0.1, -0.05) is 41.5 Å². The van der Waals surface area contributed by atoms with Crippen molar-refractivity contribution in [2.75, 3.05) is 19.8 Å². The van der Waals surface area contributed by atoms with E-state index in [1.807, 2.05) is 13.8 Å². The van der Waals surface area contributed by atoms with Gasteiger partial charge in [0.25, 0.3) is 0 Å². The molecule has 0 N–H and O–H groups in total. The summed E-state index contributed by atoms with van der Waals surface area (Å²) in [6, 6.07) is 9.44. The van der Waals surface area contributed by atoms with E-state index in [0.717, 1.165) is 72.5 Å². The van der Waals surface area contributed by atoms with E-state index in [0.29, 0.717) is 47.7 Å². The molecule has 0 aliphatic carbocycles. The predicted molar refractivity (Wildman–Crippen MR) is 168 cm³/mol. The second kappa shape index (κ2) is 15.0.